The summed E-state index contributed by atoms with van der Waals surface area (Å²) < 4.78 is 202. The summed E-state index contributed by atoms with van der Waals surface area (Å²) in [6.45, 7) is 5.86. The van der Waals surface area contributed by atoms with Gasteiger partial charge >= 0.3 is 207 Å². The third-order valence-electron chi connectivity index (χ3n) is 3.53. The molecule has 336 valence electrons. The number of Topliss-reactive ketones (excluding diaryl/α,β-unsaturated/α-hetero) is 1. The molecule has 0 aromatic heterocycles. The standard InChI is InChI=1S/C3H6O5S.C3H8O4S.C2H6O6S.4C2H6O4S.7Na/c1-2(4)3(5)9(6,7)8;1-2-3(4)8(5,6)7;3-1(4)2(5)9(6,7)8;4*1-2(3)7(4,5)6;;;;;;;/h3,5H,1H3,(H,6,7,8);3-4H,2H2,1H3,(H,5,6,7);1-5H,(H,6,7,8);4*2-3H,1H3,(H,4,5,6);;;;;;;/q;;;;;;;7*+1/p-7. The van der Waals surface area contributed by atoms with E-state index in [1.165, 1.54) is 6.92 Å². The summed E-state index contributed by atoms with van der Waals surface area (Å²) in [6.07, 6.45) is -2.58. The molecule has 0 fully saturated rings. The molecule has 0 saturated carbocycles. The summed E-state index contributed by atoms with van der Waals surface area (Å²) in [6, 6.07) is 0. The van der Waals surface area contributed by atoms with Gasteiger partial charge in [0.1, 0.15) is 98.0 Å². The van der Waals surface area contributed by atoms with Crippen LogP contribution in [0, 0.1) is 0 Å². The van der Waals surface area contributed by atoms with Gasteiger partial charge in [0, 0.05) is 0 Å². The van der Waals surface area contributed by atoms with Crippen molar-refractivity contribution in [3.05, 3.63) is 0 Å². The van der Waals surface area contributed by atoms with E-state index in [-0.39, 0.29) is 213 Å². The second-order valence-electron chi connectivity index (χ2n) is 8.48. The molecular weight excluding hydrogens is 1070 g/mol. The third-order valence-corrected chi connectivity index (χ3v) is 9.58. The first-order valence-corrected chi connectivity index (χ1v) is 22.5. The van der Waals surface area contributed by atoms with Crippen molar-refractivity contribution in [2.24, 2.45) is 0 Å². The number of carbonyl (C=O) groups excluding carboxylic acids is 1. The van der Waals surface area contributed by atoms with Crippen molar-refractivity contribution < 1.29 is 348 Å². The molecule has 61 heavy (non-hydrogen) atoms. The van der Waals surface area contributed by atoms with Crippen LogP contribution >= 0.6 is 0 Å². The summed E-state index contributed by atoms with van der Waals surface area (Å²) in [5, 5.41) is 72.3. The van der Waals surface area contributed by atoms with Crippen molar-refractivity contribution in [3.8, 4) is 0 Å². The number of aliphatic hydroxyl groups is 9. The molecule has 31 nitrogen and oxygen atoms in total. The van der Waals surface area contributed by atoms with Crippen molar-refractivity contribution in [1.82, 2.24) is 0 Å². The molecule has 0 aliphatic heterocycles. The van der Waals surface area contributed by atoms with Crippen LogP contribution in [0.1, 0.15) is 48.0 Å². The predicted octanol–water partition coefficient (Wildman–Crippen LogP) is -30.6. The molecule has 0 aliphatic carbocycles. The number of aliphatic hydroxyl groups excluding tert-OH is 8. The molecule has 0 spiro atoms. The molecule has 7 atom stereocenters. The summed E-state index contributed by atoms with van der Waals surface area (Å²) in [5.41, 5.74) is -13.9. The van der Waals surface area contributed by atoms with Crippen molar-refractivity contribution in [1.29, 1.82) is 0 Å². The first-order valence-electron chi connectivity index (χ1n) is 12.2. The van der Waals surface area contributed by atoms with Crippen molar-refractivity contribution in [2.75, 3.05) is 0 Å². The van der Waals surface area contributed by atoms with E-state index in [0.717, 1.165) is 34.6 Å². The topological polar surface area (TPSA) is 600 Å². The van der Waals surface area contributed by atoms with Gasteiger partial charge in [0.2, 0.25) is 5.44 Å². The van der Waals surface area contributed by atoms with E-state index >= 15 is 0 Å². The van der Waals surface area contributed by atoms with Crippen LogP contribution in [-0.2, 0) is 75.6 Å². The zero-order valence-corrected chi connectivity index (χ0v) is 54.4. The molecule has 7 unspecified atom stereocenters. The van der Waals surface area contributed by atoms with Crippen molar-refractivity contribution in [2.45, 2.75) is 92.3 Å². The van der Waals surface area contributed by atoms with Gasteiger partial charge in [-0.3, -0.25) is 4.79 Å². The Balaban J connectivity index is -0.0000000346. The van der Waals surface area contributed by atoms with E-state index in [0.29, 0.717) is 0 Å². The van der Waals surface area contributed by atoms with Crippen LogP contribution in [0.2, 0.25) is 0 Å². The summed E-state index contributed by atoms with van der Waals surface area (Å²) in [4.78, 5) is 9.96. The van der Waals surface area contributed by atoms with Crippen LogP contribution in [0.3, 0.4) is 0 Å². The van der Waals surface area contributed by atoms with E-state index in [4.69, 9.17) is 46.0 Å². The Morgan fingerprint density at radius 1 is 0.393 bits per heavy atom. The number of ketones is 1. The Morgan fingerprint density at radius 3 is 0.557 bits per heavy atom. The average Bonchev–Trinajstić information content (AvgIpc) is 2.90. The maximum Gasteiger partial charge on any atom is 1.00 e. The first-order chi connectivity index (χ1) is 23.0. The predicted molar refractivity (Wildman–Crippen MR) is 162 cm³/mol. The van der Waals surface area contributed by atoms with Gasteiger partial charge in [-0.25, -0.2) is 58.9 Å². The molecule has 9 N–H and O–H groups in total. The van der Waals surface area contributed by atoms with Gasteiger partial charge < -0.3 is 77.8 Å². The van der Waals surface area contributed by atoms with Gasteiger partial charge in [-0.15, -0.1) is 0 Å². The quantitative estimate of drug-likeness (QED) is 0.0557. The first kappa shape index (κ1) is 104. The van der Waals surface area contributed by atoms with Crippen LogP contribution < -0.4 is 207 Å². The Labute approximate surface area is 508 Å². The van der Waals surface area contributed by atoms with Gasteiger partial charge in [-0.2, -0.15) is 0 Å². The van der Waals surface area contributed by atoms with Gasteiger partial charge in [-0.05, 0) is 41.0 Å². The molecule has 0 bridgehead atoms. The molecule has 0 heterocycles. The van der Waals surface area contributed by atoms with Gasteiger partial charge in [-0.1, -0.05) is 6.92 Å². The number of rotatable bonds is 10. The second kappa shape index (κ2) is 48.0. The smallest absolute Gasteiger partial charge is 0.746 e. The molecule has 0 aromatic rings. The maximum absolute atomic E-state index is 9.96. The Morgan fingerprint density at radius 2 is 0.557 bits per heavy atom. The van der Waals surface area contributed by atoms with Crippen LogP contribution in [-0.4, -0.2) is 187 Å². The minimum absolute atomic E-state index is 0. The summed E-state index contributed by atoms with van der Waals surface area (Å²) in [7, 11) is -32.0. The molecule has 0 rings (SSSR count). The SMILES string of the molecule is CC(=O)C(O)S(=O)(=O)[O-].CC(O)S(=O)(=O)[O-].CC(O)S(=O)(=O)[O-].CC(O)S(=O)(=O)[O-].CC(O)S(=O)(=O)[O-].CCC(O)S(=O)(=O)[O-].O=S(=O)([O-])C(O)C(O)O.[Na+].[Na+].[Na+].[Na+].[Na+].[Na+].[Na+]. The number of hydrogen-bond donors (Lipinski definition) is 9. The molecule has 45 heteroatoms. The Bertz CT molecular complexity index is 1690. The normalized spacial score (nSPS) is 14.2. The molecular formula is C16H37Na7O31S7. The number of carbonyl (C=O) groups is 1. The van der Waals surface area contributed by atoms with E-state index in [1.807, 2.05) is 0 Å². The Kier molecular flexibility index (Phi) is 81.5. The molecule has 0 aromatic carbocycles. The third kappa shape index (κ3) is 80.1. The zero-order chi connectivity index (χ0) is 46.4. The summed E-state index contributed by atoms with van der Waals surface area (Å²) in [5.74, 6) is -1.06. The van der Waals surface area contributed by atoms with Gasteiger partial charge in [0.25, 0.3) is 0 Å². The summed E-state index contributed by atoms with van der Waals surface area (Å²) >= 11 is 0. The molecule has 0 aliphatic rings. The second-order valence-corrected chi connectivity index (χ2v) is 19.6. The van der Waals surface area contributed by atoms with E-state index < -0.39 is 121 Å². The average molecular weight is 1110 g/mol. The van der Waals surface area contributed by atoms with Crippen molar-refractivity contribution in [3.63, 3.8) is 0 Å². The van der Waals surface area contributed by atoms with Crippen LogP contribution in [0.4, 0.5) is 0 Å². The van der Waals surface area contributed by atoms with E-state index in [9.17, 15) is 95.6 Å². The van der Waals surface area contributed by atoms with Crippen LogP contribution in [0.5, 0.6) is 0 Å². The van der Waals surface area contributed by atoms with Gasteiger partial charge in [0.15, 0.2) is 17.5 Å². The van der Waals surface area contributed by atoms with Crippen LogP contribution in [0.25, 0.3) is 0 Å². The fraction of sp³-hybridized carbons (Fsp3) is 0.938. The van der Waals surface area contributed by atoms with Crippen LogP contribution in [0.15, 0.2) is 0 Å². The van der Waals surface area contributed by atoms with Crippen molar-refractivity contribution >= 4 is 76.6 Å². The minimum Gasteiger partial charge on any atom is -0.746 e. The largest absolute Gasteiger partial charge is 1.00 e. The zero-order valence-electron chi connectivity index (χ0n) is 34.7. The fourth-order valence-electron chi connectivity index (χ4n) is 0.556. The van der Waals surface area contributed by atoms with E-state index in [2.05, 4.69) is 0 Å². The fourth-order valence-corrected chi connectivity index (χ4v) is 1.67. The maximum atomic E-state index is 9.96. The number of hydrogen-bond acceptors (Lipinski definition) is 31. The van der Waals surface area contributed by atoms with Gasteiger partial charge in [0.05, 0.1) is 0 Å². The molecule has 0 radical (unpaired) electrons. The monoisotopic (exact) mass is 1110 g/mol. The Hall–Kier alpha value is 5.68. The minimum atomic E-state index is -5.00. The molecule has 0 saturated heterocycles. The van der Waals surface area contributed by atoms with E-state index in [1.54, 1.807) is 0 Å². The molecule has 0 amide bonds.